The molecule has 6 heteroatoms. The minimum Gasteiger partial charge on any atom is -0.352 e. The van der Waals surface area contributed by atoms with Crippen LogP contribution in [0.1, 0.15) is 26.3 Å². The van der Waals surface area contributed by atoms with Crippen LogP contribution in [-0.4, -0.2) is 37.5 Å². The molecule has 0 fully saturated rings. The summed E-state index contributed by atoms with van der Waals surface area (Å²) < 4.78 is 0. The quantitative estimate of drug-likeness (QED) is 0.442. The Morgan fingerprint density at radius 1 is 1.32 bits per heavy atom. The largest absolute Gasteiger partial charge is 0.352 e. The van der Waals surface area contributed by atoms with Crippen molar-refractivity contribution in [3.63, 3.8) is 0 Å². The molecule has 122 valence electrons. The van der Waals surface area contributed by atoms with Crippen molar-refractivity contribution in [1.29, 1.82) is 0 Å². The summed E-state index contributed by atoms with van der Waals surface area (Å²) in [7, 11) is 1.71. The number of guanidine groups is 1. The summed E-state index contributed by atoms with van der Waals surface area (Å²) in [5.74, 6) is 0.708. The standard InChI is InChI=1S/C16H24N4O.HI/c1-16(2,3)19-15(17-4)18-11-14(21)20-10-9-12-7-5-6-8-13(12)20;/h5-8H,9-11H2,1-4H3,(H2,17,18,19);1H. The molecule has 0 radical (unpaired) electrons. The van der Waals surface area contributed by atoms with Crippen molar-refractivity contribution in [1.82, 2.24) is 10.6 Å². The first kappa shape index (κ1) is 18.7. The minimum absolute atomic E-state index is 0. The molecule has 2 N–H and O–H groups in total. The molecule has 0 saturated heterocycles. The van der Waals surface area contributed by atoms with E-state index in [-0.39, 0.29) is 42.0 Å². The summed E-state index contributed by atoms with van der Waals surface area (Å²) in [6, 6.07) is 8.07. The van der Waals surface area contributed by atoms with E-state index < -0.39 is 0 Å². The molecule has 1 amide bonds. The second-order valence-electron chi connectivity index (χ2n) is 6.22. The molecule has 5 nitrogen and oxygen atoms in total. The zero-order valence-electron chi connectivity index (χ0n) is 13.6. The number of benzene rings is 1. The number of amides is 1. The first-order valence-corrected chi connectivity index (χ1v) is 7.28. The number of rotatable bonds is 2. The number of fused-ring (bicyclic) bond motifs is 1. The molecule has 0 atom stereocenters. The van der Waals surface area contributed by atoms with E-state index in [9.17, 15) is 4.79 Å². The third-order valence-electron chi connectivity index (χ3n) is 3.31. The Hall–Kier alpha value is -1.31. The van der Waals surface area contributed by atoms with E-state index in [2.05, 4.69) is 42.5 Å². The van der Waals surface area contributed by atoms with Crippen LogP contribution in [0.4, 0.5) is 5.69 Å². The van der Waals surface area contributed by atoms with Gasteiger partial charge >= 0.3 is 0 Å². The van der Waals surface area contributed by atoms with Crippen molar-refractivity contribution in [2.24, 2.45) is 4.99 Å². The summed E-state index contributed by atoms with van der Waals surface area (Å²) in [6.07, 6.45) is 0.927. The van der Waals surface area contributed by atoms with E-state index in [1.807, 2.05) is 23.1 Å². The lowest BCUT2D eigenvalue weighted by atomic mass is 10.1. The molecule has 0 spiro atoms. The average Bonchev–Trinajstić information content (AvgIpc) is 2.85. The molecule has 0 unspecified atom stereocenters. The summed E-state index contributed by atoms with van der Waals surface area (Å²) in [5.41, 5.74) is 2.18. The fourth-order valence-electron chi connectivity index (χ4n) is 2.39. The highest BCUT2D eigenvalue weighted by Crippen LogP contribution is 2.27. The fourth-order valence-corrected chi connectivity index (χ4v) is 2.39. The zero-order valence-corrected chi connectivity index (χ0v) is 16.0. The number of hydrogen-bond acceptors (Lipinski definition) is 2. The van der Waals surface area contributed by atoms with E-state index in [0.717, 1.165) is 18.7 Å². The number of anilines is 1. The predicted octanol–water partition coefficient (Wildman–Crippen LogP) is 2.16. The maximum absolute atomic E-state index is 12.4. The molecule has 22 heavy (non-hydrogen) atoms. The third-order valence-corrected chi connectivity index (χ3v) is 3.31. The van der Waals surface area contributed by atoms with Gasteiger partial charge in [0.15, 0.2) is 5.96 Å². The SMILES string of the molecule is CN=C(NCC(=O)N1CCc2ccccc21)NC(C)(C)C.I. The molecule has 1 aliphatic rings. The molecule has 0 aliphatic carbocycles. The first-order valence-electron chi connectivity index (χ1n) is 7.28. The van der Waals surface area contributed by atoms with E-state index in [4.69, 9.17) is 0 Å². The number of nitrogens with zero attached hydrogens (tertiary/aromatic N) is 2. The number of para-hydroxylation sites is 1. The van der Waals surface area contributed by atoms with Gasteiger partial charge in [0.1, 0.15) is 0 Å². The highest BCUT2D eigenvalue weighted by Gasteiger charge is 2.24. The highest BCUT2D eigenvalue weighted by molar-refractivity contribution is 14.0. The van der Waals surface area contributed by atoms with E-state index >= 15 is 0 Å². The van der Waals surface area contributed by atoms with Crippen LogP contribution in [0.3, 0.4) is 0 Å². The Morgan fingerprint density at radius 3 is 2.64 bits per heavy atom. The van der Waals surface area contributed by atoms with Crippen molar-refractivity contribution in [3.8, 4) is 0 Å². The second-order valence-corrected chi connectivity index (χ2v) is 6.22. The molecule has 1 aromatic carbocycles. The van der Waals surface area contributed by atoms with Gasteiger partial charge in [0.2, 0.25) is 5.91 Å². The molecule has 1 heterocycles. The van der Waals surface area contributed by atoms with Gasteiger partial charge in [0.05, 0.1) is 6.54 Å². The van der Waals surface area contributed by atoms with E-state index in [0.29, 0.717) is 5.96 Å². The van der Waals surface area contributed by atoms with Crippen molar-refractivity contribution in [3.05, 3.63) is 29.8 Å². The summed E-state index contributed by atoms with van der Waals surface area (Å²) >= 11 is 0. The van der Waals surface area contributed by atoms with Crippen LogP contribution in [0.2, 0.25) is 0 Å². The van der Waals surface area contributed by atoms with Crippen LogP contribution in [-0.2, 0) is 11.2 Å². The molecule has 1 aromatic rings. The van der Waals surface area contributed by atoms with E-state index in [1.165, 1.54) is 5.56 Å². The topological polar surface area (TPSA) is 56.7 Å². The summed E-state index contributed by atoms with van der Waals surface area (Å²) in [4.78, 5) is 18.4. The molecule has 0 bridgehead atoms. The zero-order chi connectivity index (χ0) is 15.5. The molecule has 2 rings (SSSR count). The van der Waals surface area contributed by atoms with Gasteiger partial charge in [-0.15, -0.1) is 24.0 Å². The number of carbonyl (C=O) groups is 1. The van der Waals surface area contributed by atoms with Gasteiger partial charge in [0.25, 0.3) is 0 Å². The molecule has 0 aromatic heterocycles. The van der Waals surface area contributed by atoms with Gasteiger partial charge in [0, 0.05) is 24.8 Å². The fraction of sp³-hybridized carbons (Fsp3) is 0.500. The Bertz CT molecular complexity index is 551. The van der Waals surface area contributed by atoms with Gasteiger partial charge in [-0.1, -0.05) is 18.2 Å². The summed E-state index contributed by atoms with van der Waals surface area (Å²) in [5, 5.41) is 6.32. The first-order chi connectivity index (χ1) is 9.90. The monoisotopic (exact) mass is 416 g/mol. The van der Waals surface area contributed by atoms with Crippen molar-refractivity contribution in [2.45, 2.75) is 32.7 Å². The van der Waals surface area contributed by atoms with Crippen molar-refractivity contribution >= 4 is 41.5 Å². The smallest absolute Gasteiger partial charge is 0.246 e. The van der Waals surface area contributed by atoms with Crippen molar-refractivity contribution < 1.29 is 4.79 Å². The maximum Gasteiger partial charge on any atom is 0.246 e. The normalized spacial score (nSPS) is 14.2. The number of nitrogens with one attached hydrogen (secondary N) is 2. The summed E-state index contributed by atoms with van der Waals surface area (Å²) in [6.45, 7) is 7.16. The van der Waals surface area contributed by atoms with Crippen molar-refractivity contribution in [2.75, 3.05) is 25.0 Å². The molecule has 0 saturated carbocycles. The Balaban J connectivity index is 0.00000242. The lowest BCUT2D eigenvalue weighted by Gasteiger charge is -2.24. The third kappa shape index (κ3) is 4.86. The predicted molar refractivity (Wildman–Crippen MR) is 102 cm³/mol. The number of halogens is 1. The average molecular weight is 416 g/mol. The molecule has 1 aliphatic heterocycles. The maximum atomic E-state index is 12.4. The molecular formula is C16H25IN4O. The second kappa shape index (κ2) is 7.80. The highest BCUT2D eigenvalue weighted by atomic mass is 127. The van der Waals surface area contributed by atoms with Gasteiger partial charge in [-0.05, 0) is 38.8 Å². The van der Waals surface area contributed by atoms with Crippen LogP contribution < -0.4 is 15.5 Å². The number of hydrogen-bond donors (Lipinski definition) is 2. The van der Waals surface area contributed by atoms with Crippen LogP contribution in [0.5, 0.6) is 0 Å². The van der Waals surface area contributed by atoms with Crippen LogP contribution in [0.25, 0.3) is 0 Å². The van der Waals surface area contributed by atoms with E-state index in [1.54, 1.807) is 7.05 Å². The van der Waals surface area contributed by atoms with Gasteiger partial charge in [-0.25, -0.2) is 0 Å². The number of aliphatic imine (C=N–C) groups is 1. The molecular weight excluding hydrogens is 391 g/mol. The van der Waals surface area contributed by atoms with Gasteiger partial charge in [-0.3, -0.25) is 9.79 Å². The van der Waals surface area contributed by atoms with Crippen LogP contribution >= 0.6 is 24.0 Å². The minimum atomic E-state index is -0.0921. The Morgan fingerprint density at radius 2 is 2.00 bits per heavy atom. The van der Waals surface area contributed by atoms with Crippen LogP contribution in [0, 0.1) is 0 Å². The van der Waals surface area contributed by atoms with Gasteiger partial charge in [-0.2, -0.15) is 0 Å². The number of carbonyl (C=O) groups excluding carboxylic acids is 1. The van der Waals surface area contributed by atoms with Gasteiger partial charge < -0.3 is 15.5 Å². The van der Waals surface area contributed by atoms with Crippen LogP contribution in [0.15, 0.2) is 29.3 Å². The Labute approximate surface area is 149 Å². The lowest BCUT2D eigenvalue weighted by molar-refractivity contribution is -0.117. The lowest BCUT2D eigenvalue weighted by Crippen LogP contribution is -2.50. The Kier molecular flexibility index (Phi) is 6.65.